The second-order valence-corrected chi connectivity index (χ2v) is 4.60. The Kier molecular flexibility index (Phi) is 1.88. The molecule has 3 atom stereocenters. The molecule has 1 fully saturated rings. The van der Waals surface area contributed by atoms with Crippen molar-refractivity contribution in [1.82, 2.24) is 0 Å². The molecule has 74 valence electrons. The standard InChI is InChI=1S/C13H16O/c1-9-8-11-7-6-10-4-2-3-5-12(10)13(11)14-9/h2-5,9,11,13H,6-8H2,1H3. The number of rotatable bonds is 0. The maximum Gasteiger partial charge on any atom is 0.0860 e. The van der Waals surface area contributed by atoms with E-state index in [1.807, 2.05) is 0 Å². The Labute approximate surface area is 85.1 Å². The normalized spacial score (nSPS) is 35.1. The van der Waals surface area contributed by atoms with Crippen LogP contribution in [0.4, 0.5) is 0 Å². The quantitative estimate of drug-likeness (QED) is 0.608. The van der Waals surface area contributed by atoms with Crippen molar-refractivity contribution in [3.63, 3.8) is 0 Å². The average Bonchev–Trinajstić information content (AvgIpc) is 2.59. The summed E-state index contributed by atoms with van der Waals surface area (Å²) in [6, 6.07) is 8.76. The molecular formula is C13H16O. The minimum absolute atomic E-state index is 0.398. The van der Waals surface area contributed by atoms with Crippen LogP contribution in [-0.2, 0) is 11.2 Å². The summed E-state index contributed by atoms with van der Waals surface area (Å²) in [5.41, 5.74) is 2.95. The summed E-state index contributed by atoms with van der Waals surface area (Å²) < 4.78 is 5.99. The molecule has 1 heteroatoms. The Hall–Kier alpha value is -0.820. The maximum absolute atomic E-state index is 5.99. The molecule has 0 radical (unpaired) electrons. The fraction of sp³-hybridized carbons (Fsp3) is 0.538. The number of aryl methyl sites for hydroxylation is 1. The summed E-state index contributed by atoms with van der Waals surface area (Å²) in [6.45, 7) is 2.20. The fourth-order valence-corrected chi connectivity index (χ4v) is 2.94. The first-order chi connectivity index (χ1) is 6.84. The molecule has 0 bridgehead atoms. The van der Waals surface area contributed by atoms with Crippen LogP contribution in [0.3, 0.4) is 0 Å². The zero-order chi connectivity index (χ0) is 9.54. The van der Waals surface area contributed by atoms with Gasteiger partial charge in [-0.2, -0.15) is 0 Å². The van der Waals surface area contributed by atoms with Gasteiger partial charge in [0.15, 0.2) is 0 Å². The molecular weight excluding hydrogens is 172 g/mol. The molecule has 14 heavy (non-hydrogen) atoms. The van der Waals surface area contributed by atoms with Crippen molar-refractivity contribution in [2.24, 2.45) is 5.92 Å². The topological polar surface area (TPSA) is 9.23 Å². The molecule has 3 unspecified atom stereocenters. The van der Waals surface area contributed by atoms with Gasteiger partial charge in [-0.15, -0.1) is 0 Å². The molecule has 0 N–H and O–H groups in total. The van der Waals surface area contributed by atoms with Gasteiger partial charge in [-0.05, 0) is 43.2 Å². The molecule has 0 saturated carbocycles. The first kappa shape index (κ1) is 8.49. The number of fused-ring (bicyclic) bond motifs is 3. The predicted octanol–water partition coefficient (Wildman–Crippen LogP) is 3.10. The van der Waals surface area contributed by atoms with E-state index < -0.39 is 0 Å². The average molecular weight is 188 g/mol. The van der Waals surface area contributed by atoms with Crippen molar-refractivity contribution in [1.29, 1.82) is 0 Å². The van der Waals surface area contributed by atoms with Crippen LogP contribution in [0.5, 0.6) is 0 Å². The summed E-state index contributed by atoms with van der Waals surface area (Å²) in [5, 5.41) is 0. The lowest BCUT2D eigenvalue weighted by Crippen LogP contribution is -2.16. The first-order valence-electron chi connectivity index (χ1n) is 5.58. The highest BCUT2D eigenvalue weighted by atomic mass is 16.5. The lowest BCUT2D eigenvalue weighted by atomic mass is 9.81. The van der Waals surface area contributed by atoms with Gasteiger partial charge in [0.2, 0.25) is 0 Å². The highest BCUT2D eigenvalue weighted by Crippen LogP contribution is 2.45. The van der Waals surface area contributed by atoms with E-state index in [2.05, 4.69) is 31.2 Å². The zero-order valence-corrected chi connectivity index (χ0v) is 8.57. The molecule has 3 rings (SSSR count). The van der Waals surface area contributed by atoms with Crippen LogP contribution in [0.25, 0.3) is 0 Å². The van der Waals surface area contributed by atoms with Gasteiger partial charge >= 0.3 is 0 Å². The second kappa shape index (κ2) is 3.09. The molecule has 1 aliphatic heterocycles. The van der Waals surface area contributed by atoms with Gasteiger partial charge in [-0.25, -0.2) is 0 Å². The third-order valence-corrected chi connectivity index (χ3v) is 3.59. The van der Waals surface area contributed by atoms with E-state index in [4.69, 9.17) is 4.74 Å². The molecule has 1 aliphatic carbocycles. The monoisotopic (exact) mass is 188 g/mol. The fourth-order valence-electron chi connectivity index (χ4n) is 2.94. The van der Waals surface area contributed by atoms with Crippen molar-refractivity contribution in [3.8, 4) is 0 Å². The zero-order valence-electron chi connectivity index (χ0n) is 8.57. The van der Waals surface area contributed by atoms with Crippen LogP contribution in [0.15, 0.2) is 24.3 Å². The summed E-state index contributed by atoms with van der Waals surface area (Å²) in [7, 11) is 0. The Balaban J connectivity index is 2.01. The molecule has 1 heterocycles. The van der Waals surface area contributed by atoms with Gasteiger partial charge in [0.1, 0.15) is 0 Å². The van der Waals surface area contributed by atoms with Gasteiger partial charge < -0.3 is 4.74 Å². The third-order valence-electron chi connectivity index (χ3n) is 3.59. The molecule has 0 amide bonds. The maximum atomic E-state index is 5.99. The lowest BCUT2D eigenvalue weighted by Gasteiger charge is -2.26. The van der Waals surface area contributed by atoms with Gasteiger partial charge in [0.25, 0.3) is 0 Å². The SMILES string of the molecule is CC1CC2CCc3ccccc3C2O1. The molecule has 2 aliphatic rings. The Morgan fingerprint density at radius 3 is 3.07 bits per heavy atom. The van der Waals surface area contributed by atoms with Crippen LogP contribution >= 0.6 is 0 Å². The van der Waals surface area contributed by atoms with E-state index in [1.165, 1.54) is 30.4 Å². The molecule has 1 aromatic carbocycles. The Morgan fingerprint density at radius 2 is 2.14 bits per heavy atom. The van der Waals surface area contributed by atoms with E-state index in [-0.39, 0.29) is 0 Å². The predicted molar refractivity (Wildman–Crippen MR) is 56.2 cm³/mol. The molecule has 1 saturated heterocycles. The van der Waals surface area contributed by atoms with Crippen molar-refractivity contribution in [2.75, 3.05) is 0 Å². The van der Waals surface area contributed by atoms with E-state index in [0.29, 0.717) is 12.2 Å². The summed E-state index contributed by atoms with van der Waals surface area (Å²) in [5.74, 6) is 0.778. The van der Waals surface area contributed by atoms with Gasteiger partial charge in [0, 0.05) is 0 Å². The van der Waals surface area contributed by atoms with E-state index in [9.17, 15) is 0 Å². The first-order valence-corrected chi connectivity index (χ1v) is 5.58. The second-order valence-electron chi connectivity index (χ2n) is 4.60. The summed E-state index contributed by atoms with van der Waals surface area (Å²) >= 11 is 0. The van der Waals surface area contributed by atoms with Crippen molar-refractivity contribution in [2.45, 2.75) is 38.4 Å². The number of hydrogen-bond donors (Lipinski definition) is 0. The molecule has 1 aromatic rings. The minimum atomic E-state index is 0.398. The van der Waals surface area contributed by atoms with Gasteiger partial charge in [0.05, 0.1) is 12.2 Å². The minimum Gasteiger partial charge on any atom is -0.370 e. The number of ether oxygens (including phenoxy) is 1. The number of benzene rings is 1. The van der Waals surface area contributed by atoms with Crippen molar-refractivity contribution < 1.29 is 4.74 Å². The van der Waals surface area contributed by atoms with Crippen LogP contribution < -0.4 is 0 Å². The molecule has 1 nitrogen and oxygen atoms in total. The smallest absolute Gasteiger partial charge is 0.0860 e. The Morgan fingerprint density at radius 1 is 1.29 bits per heavy atom. The molecule has 0 aromatic heterocycles. The van der Waals surface area contributed by atoms with Crippen molar-refractivity contribution in [3.05, 3.63) is 35.4 Å². The van der Waals surface area contributed by atoms with Gasteiger partial charge in [-0.1, -0.05) is 24.3 Å². The molecule has 0 spiro atoms. The van der Waals surface area contributed by atoms with Crippen LogP contribution in [0.2, 0.25) is 0 Å². The largest absolute Gasteiger partial charge is 0.370 e. The Bertz CT molecular complexity index is 345. The van der Waals surface area contributed by atoms with Crippen LogP contribution in [0, 0.1) is 5.92 Å². The summed E-state index contributed by atoms with van der Waals surface area (Å²) in [4.78, 5) is 0. The highest BCUT2D eigenvalue weighted by molar-refractivity contribution is 5.32. The van der Waals surface area contributed by atoms with Gasteiger partial charge in [-0.3, -0.25) is 0 Å². The lowest BCUT2D eigenvalue weighted by molar-refractivity contribution is 0.0382. The van der Waals surface area contributed by atoms with E-state index in [0.717, 1.165) is 5.92 Å². The number of hydrogen-bond acceptors (Lipinski definition) is 1. The summed E-state index contributed by atoms with van der Waals surface area (Å²) in [6.07, 6.45) is 4.66. The van der Waals surface area contributed by atoms with Crippen LogP contribution in [0.1, 0.15) is 37.0 Å². The van der Waals surface area contributed by atoms with E-state index >= 15 is 0 Å². The van der Waals surface area contributed by atoms with Crippen LogP contribution in [-0.4, -0.2) is 6.10 Å². The van der Waals surface area contributed by atoms with E-state index in [1.54, 1.807) is 0 Å². The third kappa shape index (κ3) is 1.19. The van der Waals surface area contributed by atoms with Crippen molar-refractivity contribution >= 4 is 0 Å². The highest BCUT2D eigenvalue weighted by Gasteiger charge is 2.37.